The first-order valence-corrected chi connectivity index (χ1v) is 6.56. The van der Waals surface area contributed by atoms with E-state index in [9.17, 15) is 0 Å². The molecule has 1 saturated heterocycles. The van der Waals surface area contributed by atoms with E-state index in [1.165, 1.54) is 0 Å². The van der Waals surface area contributed by atoms with Crippen LogP contribution in [0.2, 0.25) is 0 Å². The molecule has 96 valence electrons. The van der Waals surface area contributed by atoms with Gasteiger partial charge >= 0.3 is 0 Å². The summed E-state index contributed by atoms with van der Waals surface area (Å²) in [7, 11) is 0. The van der Waals surface area contributed by atoms with Crippen molar-refractivity contribution in [1.29, 1.82) is 0 Å². The monoisotopic (exact) mass is 228 g/mol. The molecule has 0 saturated carbocycles. The van der Waals surface area contributed by atoms with E-state index < -0.39 is 0 Å². The highest BCUT2D eigenvalue weighted by Crippen LogP contribution is 2.25. The largest absolute Gasteiger partial charge is 0.374 e. The Kier molecular flexibility index (Phi) is 5.22. The van der Waals surface area contributed by atoms with E-state index in [0.29, 0.717) is 12.1 Å². The van der Waals surface area contributed by atoms with Crippen LogP contribution in [-0.2, 0) is 4.74 Å². The summed E-state index contributed by atoms with van der Waals surface area (Å²) < 4.78 is 5.95. The molecule has 1 N–H and O–H groups in total. The zero-order chi connectivity index (χ0) is 12.2. The third-order valence-electron chi connectivity index (χ3n) is 3.35. The summed E-state index contributed by atoms with van der Waals surface area (Å²) in [6, 6.07) is 0.437. The fraction of sp³-hybridized carbons (Fsp3) is 1.00. The Morgan fingerprint density at radius 2 is 2.06 bits per heavy atom. The van der Waals surface area contributed by atoms with Crippen LogP contribution in [0.1, 0.15) is 34.6 Å². The Bertz CT molecular complexity index is 201. The van der Waals surface area contributed by atoms with Crippen molar-refractivity contribution in [3.8, 4) is 0 Å². The standard InChI is InChI=1S/C13H28N2O/c1-6-14-12(13(3,4)5)11-10-15(7-2)8-9-16-11/h11-12,14H,6-10H2,1-5H3. The van der Waals surface area contributed by atoms with Crippen LogP contribution in [0.15, 0.2) is 0 Å². The molecule has 1 rings (SSSR count). The van der Waals surface area contributed by atoms with Crippen LogP contribution in [0.25, 0.3) is 0 Å². The number of nitrogens with one attached hydrogen (secondary N) is 1. The predicted octanol–water partition coefficient (Wildman–Crippen LogP) is 1.73. The van der Waals surface area contributed by atoms with Crippen LogP contribution in [0.4, 0.5) is 0 Å². The van der Waals surface area contributed by atoms with Crippen LogP contribution in [0, 0.1) is 5.41 Å². The first kappa shape index (κ1) is 13.9. The summed E-state index contributed by atoms with van der Waals surface area (Å²) in [5, 5.41) is 3.59. The summed E-state index contributed by atoms with van der Waals surface area (Å²) in [5.74, 6) is 0. The highest BCUT2D eigenvalue weighted by molar-refractivity contribution is 4.90. The van der Waals surface area contributed by atoms with Gasteiger partial charge in [0.05, 0.1) is 12.7 Å². The summed E-state index contributed by atoms with van der Waals surface area (Å²) in [5.41, 5.74) is 0.247. The summed E-state index contributed by atoms with van der Waals surface area (Å²) in [6.45, 7) is 16.4. The quantitative estimate of drug-likeness (QED) is 0.793. The van der Waals surface area contributed by atoms with E-state index in [4.69, 9.17) is 4.74 Å². The third-order valence-corrected chi connectivity index (χ3v) is 3.35. The molecule has 1 fully saturated rings. The van der Waals surface area contributed by atoms with Crippen molar-refractivity contribution in [3.05, 3.63) is 0 Å². The minimum atomic E-state index is 0.247. The minimum Gasteiger partial charge on any atom is -0.374 e. The Balaban J connectivity index is 2.63. The van der Waals surface area contributed by atoms with E-state index in [1.807, 2.05) is 0 Å². The number of hydrogen-bond acceptors (Lipinski definition) is 3. The van der Waals surface area contributed by atoms with E-state index in [0.717, 1.165) is 32.8 Å². The average molecular weight is 228 g/mol. The number of likely N-dealkylation sites (N-methyl/N-ethyl adjacent to an activating group) is 2. The smallest absolute Gasteiger partial charge is 0.0860 e. The van der Waals surface area contributed by atoms with Crippen molar-refractivity contribution in [2.45, 2.75) is 46.8 Å². The molecular formula is C13H28N2O. The van der Waals surface area contributed by atoms with Gasteiger partial charge < -0.3 is 10.1 Å². The fourth-order valence-corrected chi connectivity index (χ4v) is 2.44. The molecule has 16 heavy (non-hydrogen) atoms. The molecule has 0 aromatic carbocycles. The van der Waals surface area contributed by atoms with Crippen molar-refractivity contribution in [1.82, 2.24) is 10.2 Å². The fourth-order valence-electron chi connectivity index (χ4n) is 2.44. The molecule has 1 heterocycles. The molecule has 0 bridgehead atoms. The second-order valence-corrected chi connectivity index (χ2v) is 5.70. The minimum absolute atomic E-state index is 0.247. The molecule has 2 atom stereocenters. The van der Waals surface area contributed by atoms with Gasteiger partial charge in [-0.1, -0.05) is 34.6 Å². The molecule has 0 aliphatic carbocycles. The molecular weight excluding hydrogens is 200 g/mol. The van der Waals surface area contributed by atoms with Crippen molar-refractivity contribution in [3.63, 3.8) is 0 Å². The average Bonchev–Trinajstić information content (AvgIpc) is 2.24. The molecule has 0 aromatic rings. The number of rotatable bonds is 4. The van der Waals surface area contributed by atoms with Crippen LogP contribution < -0.4 is 5.32 Å². The molecule has 1 aliphatic rings. The van der Waals surface area contributed by atoms with Gasteiger partial charge in [-0.15, -0.1) is 0 Å². The normalized spacial score (nSPS) is 25.7. The number of nitrogens with zero attached hydrogens (tertiary/aromatic N) is 1. The lowest BCUT2D eigenvalue weighted by molar-refractivity contribution is -0.0636. The zero-order valence-electron chi connectivity index (χ0n) is 11.5. The maximum absolute atomic E-state index is 5.95. The second-order valence-electron chi connectivity index (χ2n) is 5.70. The number of morpholine rings is 1. The molecule has 1 aliphatic heterocycles. The molecule has 3 nitrogen and oxygen atoms in total. The van der Waals surface area contributed by atoms with Gasteiger partial charge in [0, 0.05) is 19.1 Å². The molecule has 0 radical (unpaired) electrons. The van der Waals surface area contributed by atoms with E-state index >= 15 is 0 Å². The zero-order valence-corrected chi connectivity index (χ0v) is 11.5. The van der Waals surface area contributed by atoms with Crippen molar-refractivity contribution in [2.24, 2.45) is 5.41 Å². The van der Waals surface area contributed by atoms with Crippen molar-refractivity contribution in [2.75, 3.05) is 32.8 Å². The summed E-state index contributed by atoms with van der Waals surface area (Å²) in [4.78, 5) is 2.48. The van der Waals surface area contributed by atoms with Gasteiger partial charge in [0.25, 0.3) is 0 Å². The van der Waals surface area contributed by atoms with Crippen LogP contribution in [-0.4, -0.2) is 49.8 Å². The molecule has 0 spiro atoms. The van der Waals surface area contributed by atoms with Crippen LogP contribution in [0.3, 0.4) is 0 Å². The lowest BCUT2D eigenvalue weighted by atomic mass is 9.82. The van der Waals surface area contributed by atoms with Crippen LogP contribution >= 0.6 is 0 Å². The second kappa shape index (κ2) is 5.99. The molecule has 0 amide bonds. The Morgan fingerprint density at radius 3 is 2.56 bits per heavy atom. The Morgan fingerprint density at radius 1 is 1.38 bits per heavy atom. The lowest BCUT2D eigenvalue weighted by Gasteiger charge is -2.42. The van der Waals surface area contributed by atoms with Crippen molar-refractivity contribution >= 4 is 0 Å². The topological polar surface area (TPSA) is 24.5 Å². The van der Waals surface area contributed by atoms with E-state index in [-0.39, 0.29) is 5.41 Å². The van der Waals surface area contributed by atoms with Crippen LogP contribution in [0.5, 0.6) is 0 Å². The predicted molar refractivity (Wildman–Crippen MR) is 68.8 cm³/mol. The van der Waals surface area contributed by atoms with Gasteiger partial charge in [-0.25, -0.2) is 0 Å². The first-order valence-electron chi connectivity index (χ1n) is 6.56. The molecule has 3 heteroatoms. The van der Waals surface area contributed by atoms with Gasteiger partial charge in [0.2, 0.25) is 0 Å². The Labute approximate surface area is 101 Å². The van der Waals surface area contributed by atoms with Gasteiger partial charge in [-0.2, -0.15) is 0 Å². The number of ether oxygens (including phenoxy) is 1. The van der Waals surface area contributed by atoms with Gasteiger partial charge in [0.15, 0.2) is 0 Å². The summed E-state index contributed by atoms with van der Waals surface area (Å²) >= 11 is 0. The lowest BCUT2D eigenvalue weighted by Crippen LogP contribution is -2.56. The number of hydrogen-bond donors (Lipinski definition) is 1. The Hall–Kier alpha value is -0.120. The molecule has 2 unspecified atom stereocenters. The maximum atomic E-state index is 5.95. The van der Waals surface area contributed by atoms with Crippen molar-refractivity contribution < 1.29 is 4.74 Å². The van der Waals surface area contributed by atoms with E-state index in [2.05, 4.69) is 44.8 Å². The maximum Gasteiger partial charge on any atom is 0.0860 e. The third kappa shape index (κ3) is 3.72. The molecule has 0 aromatic heterocycles. The summed E-state index contributed by atoms with van der Waals surface area (Å²) in [6.07, 6.45) is 0.327. The van der Waals surface area contributed by atoms with Gasteiger partial charge in [0.1, 0.15) is 0 Å². The van der Waals surface area contributed by atoms with Gasteiger partial charge in [-0.3, -0.25) is 4.90 Å². The van der Waals surface area contributed by atoms with E-state index in [1.54, 1.807) is 0 Å². The first-order chi connectivity index (χ1) is 7.49. The SMILES string of the molecule is CCNC(C1CN(CC)CCO1)C(C)(C)C. The highest BCUT2D eigenvalue weighted by atomic mass is 16.5. The highest BCUT2D eigenvalue weighted by Gasteiger charge is 2.34. The van der Waals surface area contributed by atoms with Gasteiger partial charge in [-0.05, 0) is 18.5 Å².